The molecule has 8 nitrogen and oxygen atoms in total. The average molecular weight is 394 g/mol. The van der Waals surface area contributed by atoms with Crippen LogP contribution in [0.4, 0.5) is 10.5 Å². The number of nitrogens with zero attached hydrogens (tertiary/aromatic N) is 1. The number of primary amides is 1. The van der Waals surface area contributed by atoms with Crippen LogP contribution in [0.1, 0.15) is 48.9 Å². The molecule has 4 N–H and O–H groups in total. The molecule has 1 aliphatic heterocycles. The maximum absolute atomic E-state index is 12.7. The molecule has 27 heavy (non-hydrogen) atoms. The standard InChI is InChI=1S/C18H26N4O4S/c19-18(24)20-14-9-7-13(8-10-14)17(23)22-11-3-6-16(12-22)27(25,26)21-15-4-1-2-5-15/h7-10,15-16,21H,1-6,11-12H2,(H3,19,20,24)/t16-/m1/s1. The lowest BCUT2D eigenvalue weighted by Gasteiger charge is -2.33. The number of anilines is 1. The second-order valence-electron chi connectivity index (χ2n) is 7.23. The average Bonchev–Trinajstić information content (AvgIpc) is 3.14. The molecule has 1 heterocycles. The Labute approximate surface area is 159 Å². The smallest absolute Gasteiger partial charge is 0.316 e. The Bertz CT molecular complexity index is 788. The number of urea groups is 1. The van der Waals surface area contributed by atoms with Crippen LogP contribution >= 0.6 is 0 Å². The zero-order valence-electron chi connectivity index (χ0n) is 15.2. The molecule has 2 aliphatic rings. The van der Waals surface area contributed by atoms with Gasteiger partial charge >= 0.3 is 6.03 Å². The Morgan fingerprint density at radius 1 is 1.04 bits per heavy atom. The summed E-state index contributed by atoms with van der Waals surface area (Å²) in [7, 11) is -3.44. The lowest BCUT2D eigenvalue weighted by Crippen LogP contribution is -2.49. The molecule has 0 aromatic heterocycles. The molecule has 2 fully saturated rings. The number of hydrogen-bond donors (Lipinski definition) is 3. The highest BCUT2D eigenvalue weighted by Crippen LogP contribution is 2.23. The van der Waals surface area contributed by atoms with Gasteiger partial charge in [0.15, 0.2) is 0 Å². The Morgan fingerprint density at radius 2 is 1.70 bits per heavy atom. The van der Waals surface area contributed by atoms with Gasteiger partial charge in [0.25, 0.3) is 5.91 Å². The summed E-state index contributed by atoms with van der Waals surface area (Å²) in [5.41, 5.74) is 6.02. The topological polar surface area (TPSA) is 122 Å². The number of sulfonamides is 1. The summed E-state index contributed by atoms with van der Waals surface area (Å²) in [5, 5.41) is 1.86. The van der Waals surface area contributed by atoms with E-state index in [0.29, 0.717) is 30.6 Å². The van der Waals surface area contributed by atoms with Crippen molar-refractivity contribution in [2.24, 2.45) is 5.73 Å². The highest BCUT2D eigenvalue weighted by molar-refractivity contribution is 7.90. The summed E-state index contributed by atoms with van der Waals surface area (Å²) in [6, 6.07) is 5.75. The van der Waals surface area contributed by atoms with Crippen molar-refractivity contribution in [2.45, 2.75) is 49.8 Å². The van der Waals surface area contributed by atoms with Crippen LogP contribution in [0.2, 0.25) is 0 Å². The monoisotopic (exact) mass is 394 g/mol. The summed E-state index contributed by atoms with van der Waals surface area (Å²) >= 11 is 0. The number of hydrogen-bond acceptors (Lipinski definition) is 4. The first-order chi connectivity index (χ1) is 12.8. The van der Waals surface area contributed by atoms with Gasteiger partial charge in [-0.15, -0.1) is 0 Å². The molecule has 148 valence electrons. The van der Waals surface area contributed by atoms with Crippen LogP contribution in [0.3, 0.4) is 0 Å². The number of piperidine rings is 1. The second-order valence-corrected chi connectivity index (χ2v) is 9.22. The summed E-state index contributed by atoms with van der Waals surface area (Å²) in [6.07, 6.45) is 5.11. The molecule has 0 spiro atoms. The summed E-state index contributed by atoms with van der Waals surface area (Å²) in [6.45, 7) is 0.734. The van der Waals surface area contributed by atoms with Gasteiger partial charge in [-0.1, -0.05) is 12.8 Å². The minimum atomic E-state index is -3.44. The Morgan fingerprint density at radius 3 is 2.33 bits per heavy atom. The highest BCUT2D eigenvalue weighted by atomic mass is 32.2. The molecule has 3 amide bonds. The third-order valence-corrected chi connectivity index (χ3v) is 7.11. The molecule has 0 bridgehead atoms. The van der Waals surface area contributed by atoms with Crippen LogP contribution in [0, 0.1) is 0 Å². The van der Waals surface area contributed by atoms with Gasteiger partial charge in [-0.2, -0.15) is 0 Å². The summed E-state index contributed by atoms with van der Waals surface area (Å²) < 4.78 is 28.2. The van der Waals surface area contributed by atoms with Crippen LogP contribution in [-0.4, -0.2) is 49.6 Å². The van der Waals surface area contributed by atoms with Crippen molar-refractivity contribution in [3.63, 3.8) is 0 Å². The Kier molecular flexibility index (Phi) is 6.01. The van der Waals surface area contributed by atoms with Crippen LogP contribution in [0.15, 0.2) is 24.3 Å². The summed E-state index contributed by atoms with van der Waals surface area (Å²) in [4.78, 5) is 25.2. The highest BCUT2D eigenvalue weighted by Gasteiger charge is 2.34. The van der Waals surface area contributed by atoms with Gasteiger partial charge in [-0.3, -0.25) is 4.79 Å². The number of carbonyl (C=O) groups excluding carboxylic acids is 2. The third kappa shape index (κ3) is 4.98. The zero-order chi connectivity index (χ0) is 19.4. The minimum Gasteiger partial charge on any atom is -0.351 e. The van der Waals surface area contributed by atoms with E-state index in [1.54, 1.807) is 29.2 Å². The zero-order valence-corrected chi connectivity index (χ0v) is 16.0. The van der Waals surface area contributed by atoms with E-state index >= 15 is 0 Å². The maximum Gasteiger partial charge on any atom is 0.316 e. The lowest BCUT2D eigenvalue weighted by molar-refractivity contribution is 0.0726. The van der Waals surface area contributed by atoms with Crippen LogP contribution in [0.5, 0.6) is 0 Å². The lowest BCUT2D eigenvalue weighted by atomic mass is 10.1. The van der Waals surface area contributed by atoms with Crippen molar-refractivity contribution in [1.29, 1.82) is 0 Å². The molecular weight excluding hydrogens is 368 g/mol. The molecule has 1 saturated carbocycles. The van der Waals surface area contributed by atoms with Crippen LogP contribution in [0.25, 0.3) is 0 Å². The van der Waals surface area contributed by atoms with Crippen molar-refractivity contribution < 1.29 is 18.0 Å². The number of amides is 3. The van der Waals surface area contributed by atoms with Crippen molar-refractivity contribution >= 4 is 27.6 Å². The SMILES string of the molecule is NC(=O)Nc1ccc(C(=O)N2CCC[C@@H](S(=O)(=O)NC3CCCC3)C2)cc1. The number of likely N-dealkylation sites (tertiary alicyclic amines) is 1. The normalized spacial score (nSPS) is 21.2. The predicted molar refractivity (Wildman–Crippen MR) is 103 cm³/mol. The van der Waals surface area contributed by atoms with E-state index < -0.39 is 21.3 Å². The molecule has 1 aromatic rings. The van der Waals surface area contributed by atoms with Gasteiger partial charge < -0.3 is 16.0 Å². The molecule has 9 heteroatoms. The van der Waals surface area contributed by atoms with Crippen molar-refractivity contribution in [1.82, 2.24) is 9.62 Å². The number of nitrogens with one attached hydrogen (secondary N) is 2. The fourth-order valence-electron chi connectivity index (χ4n) is 3.77. The van der Waals surface area contributed by atoms with Crippen LogP contribution in [-0.2, 0) is 10.0 Å². The largest absolute Gasteiger partial charge is 0.351 e. The molecule has 3 rings (SSSR count). The first-order valence-corrected chi connectivity index (χ1v) is 10.9. The first kappa shape index (κ1) is 19.6. The van der Waals surface area contributed by atoms with E-state index in [2.05, 4.69) is 10.0 Å². The fourth-order valence-corrected chi connectivity index (χ4v) is 5.52. The number of rotatable bonds is 5. The van der Waals surface area contributed by atoms with Gasteiger partial charge in [0.1, 0.15) is 0 Å². The first-order valence-electron chi connectivity index (χ1n) is 9.32. The molecule has 1 aromatic carbocycles. The molecule has 1 saturated heterocycles. The molecule has 0 unspecified atom stereocenters. The van der Waals surface area contributed by atoms with Gasteiger partial charge in [-0.05, 0) is 49.9 Å². The van der Waals surface area contributed by atoms with E-state index in [0.717, 1.165) is 25.7 Å². The molecule has 1 atom stereocenters. The van der Waals surface area contributed by atoms with Crippen molar-refractivity contribution in [3.8, 4) is 0 Å². The van der Waals surface area contributed by atoms with Crippen LogP contribution < -0.4 is 15.8 Å². The van der Waals surface area contributed by atoms with Gasteiger partial charge in [0.05, 0.1) is 5.25 Å². The van der Waals surface area contributed by atoms with E-state index in [9.17, 15) is 18.0 Å². The Hall–Kier alpha value is -2.13. The third-order valence-electron chi connectivity index (χ3n) is 5.19. The minimum absolute atomic E-state index is 0.0337. The van der Waals surface area contributed by atoms with Crippen molar-refractivity contribution in [3.05, 3.63) is 29.8 Å². The van der Waals surface area contributed by atoms with E-state index in [-0.39, 0.29) is 18.5 Å². The van der Waals surface area contributed by atoms with E-state index in [4.69, 9.17) is 5.73 Å². The quantitative estimate of drug-likeness (QED) is 0.703. The number of benzene rings is 1. The number of carbonyl (C=O) groups is 2. The van der Waals surface area contributed by atoms with Gasteiger partial charge in [0.2, 0.25) is 10.0 Å². The Balaban J connectivity index is 1.64. The van der Waals surface area contributed by atoms with E-state index in [1.807, 2.05) is 0 Å². The number of nitrogens with two attached hydrogens (primary N) is 1. The summed E-state index contributed by atoms with van der Waals surface area (Å²) in [5.74, 6) is -0.207. The fraction of sp³-hybridized carbons (Fsp3) is 0.556. The molecule has 0 radical (unpaired) electrons. The van der Waals surface area contributed by atoms with Crippen molar-refractivity contribution in [2.75, 3.05) is 18.4 Å². The maximum atomic E-state index is 12.7. The van der Waals surface area contributed by atoms with Gasteiger partial charge in [0, 0.05) is 30.4 Å². The van der Waals surface area contributed by atoms with E-state index in [1.165, 1.54) is 0 Å². The predicted octanol–water partition coefficient (Wildman–Crippen LogP) is 1.64. The molecule has 1 aliphatic carbocycles. The second kappa shape index (κ2) is 8.26. The molecular formula is C18H26N4O4S. The van der Waals surface area contributed by atoms with Gasteiger partial charge in [-0.25, -0.2) is 17.9 Å².